The number of hydrogen-bond donors (Lipinski definition) is 2. The molecule has 0 aliphatic carbocycles. The average molecular weight is 210 g/mol. The van der Waals surface area contributed by atoms with Gasteiger partial charge in [-0.25, -0.2) is 0 Å². The lowest BCUT2D eigenvalue weighted by Crippen LogP contribution is -2.08. The molecule has 1 atom stereocenters. The number of para-hydroxylation sites is 2. The van der Waals surface area contributed by atoms with Crippen molar-refractivity contribution in [3.8, 4) is 0 Å². The topological polar surface area (TPSA) is 38.0 Å². The summed E-state index contributed by atoms with van der Waals surface area (Å²) in [7, 11) is 0. The quantitative estimate of drug-likeness (QED) is 0.734. The van der Waals surface area contributed by atoms with Crippen molar-refractivity contribution in [3.63, 3.8) is 0 Å². The third-order valence-corrected chi connectivity index (χ3v) is 3.27. The lowest BCUT2D eigenvalue weighted by molar-refractivity contribution is 0.854. The number of rotatable bonds is 5. The zero-order chi connectivity index (χ0) is 10.4. The first-order valence-corrected chi connectivity index (χ1v) is 6.14. The highest BCUT2D eigenvalue weighted by atomic mass is 32.2. The summed E-state index contributed by atoms with van der Waals surface area (Å²) >= 11 is 1.89. The first-order chi connectivity index (χ1) is 6.74. The van der Waals surface area contributed by atoms with Gasteiger partial charge in [-0.3, -0.25) is 0 Å². The fourth-order valence-electron chi connectivity index (χ4n) is 1.19. The van der Waals surface area contributed by atoms with Gasteiger partial charge in [-0.1, -0.05) is 19.1 Å². The number of benzene rings is 1. The minimum atomic E-state index is 0.701. The molecule has 1 rings (SSSR count). The maximum Gasteiger partial charge on any atom is 0.0573 e. The van der Waals surface area contributed by atoms with Crippen LogP contribution in [-0.2, 0) is 0 Å². The second-order valence-electron chi connectivity index (χ2n) is 3.35. The van der Waals surface area contributed by atoms with E-state index in [0.29, 0.717) is 5.25 Å². The summed E-state index contributed by atoms with van der Waals surface area (Å²) in [5.41, 5.74) is 7.67. The number of anilines is 2. The van der Waals surface area contributed by atoms with E-state index in [1.54, 1.807) is 0 Å². The lowest BCUT2D eigenvalue weighted by Gasteiger charge is -2.11. The van der Waals surface area contributed by atoms with E-state index in [0.717, 1.165) is 24.3 Å². The van der Waals surface area contributed by atoms with Crippen LogP contribution in [0.2, 0.25) is 0 Å². The number of nitrogens with two attached hydrogens (primary N) is 1. The Morgan fingerprint density at radius 2 is 2.14 bits per heavy atom. The van der Waals surface area contributed by atoms with Crippen LogP contribution in [0.1, 0.15) is 13.3 Å². The molecular formula is C11H18N2S. The second kappa shape index (κ2) is 5.81. The Kier molecular flexibility index (Phi) is 4.66. The van der Waals surface area contributed by atoms with Crippen LogP contribution in [0.5, 0.6) is 0 Å². The van der Waals surface area contributed by atoms with Crippen molar-refractivity contribution in [3.05, 3.63) is 24.3 Å². The number of nitrogen functional groups attached to an aromatic ring is 1. The molecule has 1 unspecified atom stereocenters. The van der Waals surface area contributed by atoms with Crippen LogP contribution in [0.4, 0.5) is 11.4 Å². The molecule has 3 N–H and O–H groups in total. The van der Waals surface area contributed by atoms with E-state index in [9.17, 15) is 0 Å². The van der Waals surface area contributed by atoms with Gasteiger partial charge in [0.1, 0.15) is 0 Å². The van der Waals surface area contributed by atoms with E-state index in [2.05, 4.69) is 18.5 Å². The van der Waals surface area contributed by atoms with E-state index in [1.807, 2.05) is 36.0 Å². The summed E-state index contributed by atoms with van der Waals surface area (Å²) in [5.74, 6) is 0. The molecule has 0 radical (unpaired) electrons. The molecule has 0 saturated heterocycles. The smallest absolute Gasteiger partial charge is 0.0573 e. The van der Waals surface area contributed by atoms with Crippen molar-refractivity contribution in [2.45, 2.75) is 18.6 Å². The van der Waals surface area contributed by atoms with Crippen LogP contribution in [-0.4, -0.2) is 18.1 Å². The molecule has 0 saturated carbocycles. The van der Waals surface area contributed by atoms with Gasteiger partial charge in [0.05, 0.1) is 11.4 Å². The van der Waals surface area contributed by atoms with E-state index >= 15 is 0 Å². The van der Waals surface area contributed by atoms with E-state index in [4.69, 9.17) is 5.73 Å². The zero-order valence-corrected chi connectivity index (χ0v) is 9.60. The molecule has 1 aromatic rings. The van der Waals surface area contributed by atoms with E-state index < -0.39 is 0 Å². The summed E-state index contributed by atoms with van der Waals surface area (Å²) in [6.45, 7) is 3.22. The minimum absolute atomic E-state index is 0.701. The molecule has 2 nitrogen and oxygen atoms in total. The molecule has 0 fully saturated rings. The van der Waals surface area contributed by atoms with Gasteiger partial charge in [-0.05, 0) is 24.8 Å². The van der Waals surface area contributed by atoms with Crippen molar-refractivity contribution in [2.24, 2.45) is 0 Å². The fraction of sp³-hybridized carbons (Fsp3) is 0.455. The predicted octanol–water partition coefficient (Wildman–Crippen LogP) is 2.82. The summed E-state index contributed by atoms with van der Waals surface area (Å²) < 4.78 is 0. The Morgan fingerprint density at radius 3 is 2.79 bits per heavy atom. The van der Waals surface area contributed by atoms with Crippen molar-refractivity contribution in [1.82, 2.24) is 0 Å². The molecule has 0 amide bonds. The van der Waals surface area contributed by atoms with Gasteiger partial charge in [0.15, 0.2) is 0 Å². The first-order valence-electron chi connectivity index (χ1n) is 4.85. The Hall–Kier alpha value is -0.830. The predicted molar refractivity (Wildman–Crippen MR) is 66.9 cm³/mol. The van der Waals surface area contributed by atoms with Crippen LogP contribution in [0.15, 0.2) is 24.3 Å². The molecule has 0 bridgehead atoms. The normalized spacial score (nSPS) is 12.4. The Morgan fingerprint density at radius 1 is 1.43 bits per heavy atom. The van der Waals surface area contributed by atoms with Gasteiger partial charge < -0.3 is 11.1 Å². The molecule has 0 aromatic heterocycles. The molecule has 0 heterocycles. The summed E-state index contributed by atoms with van der Waals surface area (Å²) in [6, 6.07) is 7.88. The van der Waals surface area contributed by atoms with Gasteiger partial charge in [-0.15, -0.1) is 0 Å². The van der Waals surface area contributed by atoms with Crippen molar-refractivity contribution >= 4 is 23.1 Å². The standard InChI is InChI=1S/C11H18N2S/c1-9(14-2)7-8-13-11-6-4-3-5-10(11)12/h3-6,9,13H,7-8,12H2,1-2H3. The van der Waals surface area contributed by atoms with Crippen molar-refractivity contribution < 1.29 is 0 Å². The zero-order valence-electron chi connectivity index (χ0n) is 8.79. The van der Waals surface area contributed by atoms with E-state index in [-0.39, 0.29) is 0 Å². The van der Waals surface area contributed by atoms with Gasteiger partial charge in [0, 0.05) is 11.8 Å². The summed E-state index contributed by atoms with van der Waals surface area (Å²) in [6.07, 6.45) is 3.30. The molecule has 3 heteroatoms. The lowest BCUT2D eigenvalue weighted by atomic mass is 10.2. The largest absolute Gasteiger partial charge is 0.397 e. The van der Waals surface area contributed by atoms with Crippen LogP contribution >= 0.6 is 11.8 Å². The maximum absolute atomic E-state index is 5.80. The molecule has 1 aromatic carbocycles. The number of thioether (sulfide) groups is 1. The van der Waals surface area contributed by atoms with Crippen LogP contribution in [0.25, 0.3) is 0 Å². The summed E-state index contributed by atoms with van der Waals surface area (Å²) in [4.78, 5) is 0. The second-order valence-corrected chi connectivity index (χ2v) is 4.63. The Bertz CT molecular complexity index is 276. The van der Waals surface area contributed by atoms with Gasteiger partial charge in [0.25, 0.3) is 0 Å². The van der Waals surface area contributed by atoms with Gasteiger partial charge in [0.2, 0.25) is 0 Å². The molecule has 14 heavy (non-hydrogen) atoms. The molecule has 78 valence electrons. The monoisotopic (exact) mass is 210 g/mol. The molecular weight excluding hydrogens is 192 g/mol. The maximum atomic E-state index is 5.80. The Balaban J connectivity index is 2.35. The SMILES string of the molecule is CSC(C)CCNc1ccccc1N. The van der Waals surface area contributed by atoms with E-state index in [1.165, 1.54) is 0 Å². The van der Waals surface area contributed by atoms with Crippen molar-refractivity contribution in [1.29, 1.82) is 0 Å². The van der Waals surface area contributed by atoms with Crippen molar-refractivity contribution in [2.75, 3.05) is 23.9 Å². The van der Waals surface area contributed by atoms with Gasteiger partial charge >= 0.3 is 0 Å². The molecule has 0 aliphatic heterocycles. The fourth-order valence-corrected chi connectivity index (χ4v) is 1.54. The Labute approximate surface area is 90.3 Å². The highest BCUT2D eigenvalue weighted by molar-refractivity contribution is 7.99. The third-order valence-electron chi connectivity index (χ3n) is 2.23. The number of hydrogen-bond acceptors (Lipinski definition) is 3. The third kappa shape index (κ3) is 3.50. The highest BCUT2D eigenvalue weighted by Crippen LogP contribution is 2.17. The first kappa shape index (κ1) is 11.2. The van der Waals surface area contributed by atoms with Crippen LogP contribution in [0, 0.1) is 0 Å². The average Bonchev–Trinajstić information content (AvgIpc) is 2.20. The van der Waals surface area contributed by atoms with Crippen LogP contribution in [0.3, 0.4) is 0 Å². The number of nitrogens with one attached hydrogen (secondary N) is 1. The minimum Gasteiger partial charge on any atom is -0.397 e. The summed E-state index contributed by atoms with van der Waals surface area (Å²) in [5, 5.41) is 4.04. The highest BCUT2D eigenvalue weighted by Gasteiger charge is 1.99. The molecule has 0 spiro atoms. The van der Waals surface area contributed by atoms with Gasteiger partial charge in [-0.2, -0.15) is 11.8 Å². The van der Waals surface area contributed by atoms with Crippen LogP contribution < -0.4 is 11.1 Å². The molecule has 0 aliphatic rings.